The Hall–Kier alpha value is -3.11. The fourth-order valence-corrected chi connectivity index (χ4v) is 2.68. The van der Waals surface area contributed by atoms with Crippen molar-refractivity contribution in [3.63, 3.8) is 0 Å². The van der Waals surface area contributed by atoms with E-state index in [2.05, 4.69) is 15.5 Å². The molecule has 0 aromatic carbocycles. The number of furan rings is 1. The Morgan fingerprint density at radius 2 is 1.96 bits per heavy atom. The number of aromatic nitrogens is 4. The zero-order valence-corrected chi connectivity index (χ0v) is 15.0. The van der Waals surface area contributed by atoms with E-state index in [-0.39, 0.29) is 24.6 Å². The quantitative estimate of drug-likeness (QED) is 0.618. The van der Waals surface area contributed by atoms with Crippen LogP contribution >= 0.6 is 0 Å². The maximum Gasteiger partial charge on any atom is 0.287 e. The van der Waals surface area contributed by atoms with Gasteiger partial charge in [0.25, 0.3) is 18.8 Å². The van der Waals surface area contributed by atoms with Gasteiger partial charge in [0.05, 0.1) is 12.2 Å². The lowest BCUT2D eigenvalue weighted by atomic mass is 10.2. The van der Waals surface area contributed by atoms with Crippen molar-refractivity contribution in [2.75, 3.05) is 0 Å². The third kappa shape index (κ3) is 4.24. The lowest BCUT2D eigenvalue weighted by molar-refractivity contribution is 0.0920. The minimum Gasteiger partial charge on any atom is -0.454 e. The largest absolute Gasteiger partial charge is 0.454 e. The van der Waals surface area contributed by atoms with Crippen LogP contribution in [-0.2, 0) is 20.1 Å². The van der Waals surface area contributed by atoms with Crippen LogP contribution in [0, 0.1) is 6.92 Å². The Morgan fingerprint density at radius 3 is 2.57 bits per heavy atom. The molecular weight excluding hydrogens is 382 g/mol. The first kappa shape index (κ1) is 19.6. The molecule has 28 heavy (non-hydrogen) atoms. The summed E-state index contributed by atoms with van der Waals surface area (Å²) >= 11 is 0. The van der Waals surface area contributed by atoms with Crippen LogP contribution in [0.25, 0.3) is 0 Å². The lowest BCUT2D eigenvalue weighted by Crippen LogP contribution is -2.22. The van der Waals surface area contributed by atoms with E-state index < -0.39 is 30.1 Å². The number of aryl methyl sites for hydroxylation is 2. The Labute approximate surface area is 156 Å². The van der Waals surface area contributed by atoms with Gasteiger partial charge in [-0.05, 0) is 25.1 Å². The van der Waals surface area contributed by atoms with Crippen LogP contribution in [-0.4, -0.2) is 25.5 Å². The highest BCUT2D eigenvalue weighted by Crippen LogP contribution is 2.26. The summed E-state index contributed by atoms with van der Waals surface area (Å²) in [5.74, 6) is -0.401. The van der Waals surface area contributed by atoms with Crippen molar-refractivity contribution in [2.45, 2.75) is 32.9 Å². The van der Waals surface area contributed by atoms with E-state index in [4.69, 9.17) is 4.42 Å². The van der Waals surface area contributed by atoms with Gasteiger partial charge in [-0.15, -0.1) is 0 Å². The molecule has 3 aromatic rings. The predicted molar refractivity (Wildman–Crippen MR) is 89.1 cm³/mol. The summed E-state index contributed by atoms with van der Waals surface area (Å²) in [7, 11) is 1.76. The van der Waals surface area contributed by atoms with Crippen LogP contribution in [0.5, 0.6) is 0 Å². The minimum atomic E-state index is -2.97. The van der Waals surface area contributed by atoms with Gasteiger partial charge in [0, 0.05) is 25.4 Å². The van der Waals surface area contributed by atoms with Crippen molar-refractivity contribution < 1.29 is 26.8 Å². The van der Waals surface area contributed by atoms with E-state index in [1.165, 1.54) is 12.1 Å². The van der Waals surface area contributed by atoms with Gasteiger partial charge in [-0.2, -0.15) is 10.2 Å². The molecule has 0 radical (unpaired) electrons. The maximum atomic E-state index is 13.0. The van der Waals surface area contributed by atoms with Crippen molar-refractivity contribution in [2.24, 2.45) is 7.05 Å². The van der Waals surface area contributed by atoms with Crippen LogP contribution in [0.3, 0.4) is 0 Å². The fourth-order valence-electron chi connectivity index (χ4n) is 2.68. The van der Waals surface area contributed by atoms with Crippen molar-refractivity contribution in [1.29, 1.82) is 0 Å². The van der Waals surface area contributed by atoms with Crippen LogP contribution in [0.2, 0.25) is 0 Å². The van der Waals surface area contributed by atoms with Gasteiger partial charge in [0.2, 0.25) is 0 Å². The second-order valence-corrected chi connectivity index (χ2v) is 6.12. The Kier molecular flexibility index (Phi) is 5.52. The first-order valence-electron chi connectivity index (χ1n) is 8.24. The van der Waals surface area contributed by atoms with Crippen molar-refractivity contribution >= 4 is 5.91 Å². The molecule has 0 aliphatic rings. The monoisotopic (exact) mass is 399 g/mol. The molecule has 150 valence electrons. The standard InChI is InChI=1S/C17H17F4N5O2/c1-9-10(7-25(2)23-9)6-22-17(27)14-4-3-11(28-14)8-26-13(16(20)21)5-12(24-26)15(18)19/h3-5,7,15-16H,6,8H2,1-2H3,(H,22,27). The van der Waals surface area contributed by atoms with Gasteiger partial charge in [-0.3, -0.25) is 14.2 Å². The highest BCUT2D eigenvalue weighted by Gasteiger charge is 2.22. The highest BCUT2D eigenvalue weighted by atomic mass is 19.3. The number of carbonyl (C=O) groups is 1. The average molecular weight is 399 g/mol. The lowest BCUT2D eigenvalue weighted by Gasteiger charge is -2.05. The number of alkyl halides is 4. The summed E-state index contributed by atoms with van der Waals surface area (Å²) in [5, 5.41) is 10.3. The molecule has 0 saturated heterocycles. The molecule has 0 aliphatic carbocycles. The molecule has 11 heteroatoms. The second kappa shape index (κ2) is 7.87. The van der Waals surface area contributed by atoms with Gasteiger partial charge in [0.15, 0.2) is 5.76 Å². The smallest absolute Gasteiger partial charge is 0.287 e. The zero-order chi connectivity index (χ0) is 20.4. The summed E-state index contributed by atoms with van der Waals surface area (Å²) < 4.78 is 59.2. The number of nitrogens with zero attached hydrogens (tertiary/aromatic N) is 4. The van der Waals surface area contributed by atoms with E-state index in [0.717, 1.165) is 15.9 Å². The summed E-state index contributed by atoms with van der Waals surface area (Å²) in [4.78, 5) is 12.2. The third-order valence-corrected chi connectivity index (χ3v) is 4.02. The molecule has 0 saturated carbocycles. The molecule has 3 heterocycles. The summed E-state index contributed by atoms with van der Waals surface area (Å²) in [6.45, 7) is 1.74. The summed E-state index contributed by atoms with van der Waals surface area (Å²) in [6.07, 6.45) is -4.17. The van der Waals surface area contributed by atoms with Crippen molar-refractivity contribution in [3.8, 4) is 0 Å². The normalized spacial score (nSPS) is 11.6. The van der Waals surface area contributed by atoms with Crippen molar-refractivity contribution in [3.05, 3.63) is 58.6 Å². The molecule has 3 aromatic heterocycles. The number of hydrogen-bond donors (Lipinski definition) is 1. The van der Waals surface area contributed by atoms with Gasteiger partial charge in [-0.1, -0.05) is 0 Å². The number of amides is 1. The molecular formula is C17H17F4N5O2. The molecule has 0 bridgehead atoms. The SMILES string of the molecule is Cc1nn(C)cc1CNC(=O)c1ccc(Cn2nc(C(F)F)cc2C(F)F)o1. The Morgan fingerprint density at radius 1 is 1.21 bits per heavy atom. The van der Waals surface area contributed by atoms with Gasteiger partial charge < -0.3 is 9.73 Å². The number of rotatable bonds is 7. The van der Waals surface area contributed by atoms with E-state index in [1.807, 2.05) is 6.92 Å². The topological polar surface area (TPSA) is 77.9 Å². The number of carbonyl (C=O) groups excluding carboxylic acids is 1. The number of halogens is 4. The van der Waals surface area contributed by atoms with Crippen LogP contribution < -0.4 is 5.32 Å². The second-order valence-electron chi connectivity index (χ2n) is 6.12. The van der Waals surface area contributed by atoms with E-state index in [9.17, 15) is 22.4 Å². The fraction of sp³-hybridized carbons (Fsp3) is 0.353. The highest BCUT2D eigenvalue weighted by molar-refractivity contribution is 5.91. The first-order valence-corrected chi connectivity index (χ1v) is 8.24. The van der Waals surface area contributed by atoms with Gasteiger partial charge in [-0.25, -0.2) is 17.6 Å². The molecule has 3 rings (SSSR count). The molecule has 1 amide bonds. The van der Waals surface area contributed by atoms with Gasteiger partial charge >= 0.3 is 0 Å². The molecule has 0 unspecified atom stereocenters. The Bertz CT molecular complexity index is 976. The number of nitrogens with one attached hydrogen (secondary N) is 1. The molecule has 0 fully saturated rings. The summed E-state index contributed by atoms with van der Waals surface area (Å²) in [5.41, 5.74) is 0.215. The van der Waals surface area contributed by atoms with E-state index >= 15 is 0 Å². The number of hydrogen-bond acceptors (Lipinski definition) is 4. The predicted octanol–water partition coefficient (Wildman–Crippen LogP) is 3.37. The van der Waals surface area contributed by atoms with Crippen LogP contribution in [0.1, 0.15) is 51.8 Å². The molecule has 1 N–H and O–H groups in total. The van der Waals surface area contributed by atoms with Crippen molar-refractivity contribution in [1.82, 2.24) is 24.9 Å². The van der Waals surface area contributed by atoms with Crippen LogP contribution in [0.15, 0.2) is 28.8 Å². The molecule has 7 nitrogen and oxygen atoms in total. The zero-order valence-electron chi connectivity index (χ0n) is 15.0. The molecule has 0 atom stereocenters. The molecule has 0 spiro atoms. The van der Waals surface area contributed by atoms with Crippen LogP contribution in [0.4, 0.5) is 17.6 Å². The molecule has 0 aliphatic heterocycles. The van der Waals surface area contributed by atoms with E-state index in [1.54, 1.807) is 17.9 Å². The van der Waals surface area contributed by atoms with Gasteiger partial charge in [0.1, 0.15) is 17.1 Å². The van der Waals surface area contributed by atoms with E-state index in [0.29, 0.717) is 6.07 Å². The minimum absolute atomic E-state index is 0.0311. The third-order valence-electron chi connectivity index (χ3n) is 4.02. The first-order chi connectivity index (χ1) is 13.2. The Balaban J connectivity index is 1.68. The average Bonchev–Trinajstić information content (AvgIpc) is 3.32. The summed E-state index contributed by atoms with van der Waals surface area (Å²) in [6, 6.07) is 3.44. The maximum absolute atomic E-state index is 13.0.